The Morgan fingerprint density at radius 2 is 2.13 bits per heavy atom. The van der Waals surface area contributed by atoms with Gasteiger partial charge in [-0.25, -0.2) is 0 Å². The van der Waals surface area contributed by atoms with Gasteiger partial charge < -0.3 is 0 Å². The first-order valence-corrected chi connectivity index (χ1v) is 5.95. The van der Waals surface area contributed by atoms with Crippen LogP contribution in [0.2, 0.25) is 0 Å². The third kappa shape index (κ3) is 2.79. The Kier molecular flexibility index (Phi) is 3.37. The summed E-state index contributed by atoms with van der Waals surface area (Å²) in [5.74, 6) is 0.411. The fourth-order valence-corrected chi connectivity index (χ4v) is 2.53. The van der Waals surface area contributed by atoms with Crippen LogP contribution in [0.5, 0.6) is 0 Å². The zero-order valence-corrected chi connectivity index (χ0v) is 9.11. The highest BCUT2D eigenvalue weighted by Crippen LogP contribution is 2.32. The maximum Gasteiger partial charge on any atom is 0.134 e. The Morgan fingerprint density at radius 3 is 2.73 bits per heavy atom. The lowest BCUT2D eigenvalue weighted by Crippen LogP contribution is -2.41. The van der Waals surface area contributed by atoms with Crippen LogP contribution in [0.25, 0.3) is 0 Å². The van der Waals surface area contributed by atoms with E-state index in [0.29, 0.717) is 24.3 Å². The van der Waals surface area contributed by atoms with Crippen molar-refractivity contribution in [2.75, 3.05) is 6.54 Å². The average molecular weight is 206 g/mol. The monoisotopic (exact) mass is 206 g/mol. The lowest BCUT2D eigenvalue weighted by Gasteiger charge is -2.33. The highest BCUT2D eigenvalue weighted by molar-refractivity contribution is 5.79. The lowest BCUT2D eigenvalue weighted by atomic mass is 9.93. The van der Waals surface area contributed by atoms with E-state index < -0.39 is 0 Å². The topological polar surface area (TPSA) is 44.1 Å². The Bertz CT molecular complexity index is 278. The number of carbonyl (C=O) groups is 1. The van der Waals surface area contributed by atoms with Gasteiger partial charge in [-0.3, -0.25) is 9.69 Å². The molecule has 0 aromatic heterocycles. The molecule has 15 heavy (non-hydrogen) atoms. The Morgan fingerprint density at radius 1 is 1.33 bits per heavy atom. The number of Topliss-reactive ketones (excluding diaryl/α,β-unsaturated/α-hetero) is 1. The van der Waals surface area contributed by atoms with Crippen molar-refractivity contribution in [2.45, 2.75) is 57.0 Å². The molecule has 2 aliphatic rings. The molecule has 3 nitrogen and oxygen atoms in total. The zero-order chi connectivity index (χ0) is 10.7. The zero-order valence-electron chi connectivity index (χ0n) is 9.11. The van der Waals surface area contributed by atoms with Gasteiger partial charge in [0.25, 0.3) is 0 Å². The molecule has 0 spiro atoms. The van der Waals surface area contributed by atoms with Gasteiger partial charge in [0.05, 0.1) is 6.07 Å². The van der Waals surface area contributed by atoms with Crippen molar-refractivity contribution < 1.29 is 4.79 Å². The van der Waals surface area contributed by atoms with E-state index >= 15 is 0 Å². The maximum absolute atomic E-state index is 11.4. The van der Waals surface area contributed by atoms with E-state index in [-0.39, 0.29) is 0 Å². The molecule has 0 heterocycles. The highest BCUT2D eigenvalue weighted by atomic mass is 16.1. The third-order valence-electron chi connectivity index (χ3n) is 3.42. The second-order valence-corrected chi connectivity index (χ2v) is 4.67. The molecule has 1 atom stereocenters. The van der Waals surface area contributed by atoms with Crippen LogP contribution in [0.1, 0.15) is 44.9 Å². The van der Waals surface area contributed by atoms with Gasteiger partial charge in [0.2, 0.25) is 0 Å². The molecule has 0 aromatic rings. The van der Waals surface area contributed by atoms with Crippen molar-refractivity contribution in [2.24, 2.45) is 0 Å². The Balaban J connectivity index is 1.91. The molecule has 2 rings (SSSR count). The summed E-state index contributed by atoms with van der Waals surface area (Å²) in [7, 11) is 0. The fraction of sp³-hybridized carbons (Fsp3) is 0.833. The van der Waals surface area contributed by atoms with E-state index in [2.05, 4.69) is 11.0 Å². The van der Waals surface area contributed by atoms with E-state index in [1.54, 1.807) is 0 Å². The smallest absolute Gasteiger partial charge is 0.134 e. The van der Waals surface area contributed by atoms with Crippen LogP contribution in [0.4, 0.5) is 0 Å². The number of hydrogen-bond donors (Lipinski definition) is 0. The summed E-state index contributed by atoms with van der Waals surface area (Å²) in [6.45, 7) is 0.860. The van der Waals surface area contributed by atoms with Crippen molar-refractivity contribution in [3.05, 3.63) is 0 Å². The first-order valence-electron chi connectivity index (χ1n) is 5.95. The van der Waals surface area contributed by atoms with Crippen molar-refractivity contribution in [3.63, 3.8) is 0 Å². The molecular weight excluding hydrogens is 188 g/mol. The van der Waals surface area contributed by atoms with Gasteiger partial charge in [0, 0.05) is 37.9 Å². The van der Waals surface area contributed by atoms with E-state index in [1.165, 1.54) is 12.8 Å². The van der Waals surface area contributed by atoms with Gasteiger partial charge in [0.15, 0.2) is 0 Å². The molecule has 0 saturated heterocycles. The average Bonchev–Trinajstić information content (AvgIpc) is 3.03. The van der Waals surface area contributed by atoms with E-state index in [4.69, 9.17) is 5.26 Å². The van der Waals surface area contributed by atoms with Crippen LogP contribution in [0.15, 0.2) is 0 Å². The van der Waals surface area contributed by atoms with Crippen LogP contribution < -0.4 is 0 Å². The summed E-state index contributed by atoms with van der Waals surface area (Å²) in [5.41, 5.74) is 0. The summed E-state index contributed by atoms with van der Waals surface area (Å²) in [6.07, 6.45) is 6.80. The third-order valence-corrected chi connectivity index (χ3v) is 3.42. The molecule has 2 fully saturated rings. The molecule has 82 valence electrons. The van der Waals surface area contributed by atoms with Gasteiger partial charge in [-0.15, -0.1) is 0 Å². The van der Waals surface area contributed by atoms with Gasteiger partial charge >= 0.3 is 0 Å². The van der Waals surface area contributed by atoms with Gasteiger partial charge in [-0.1, -0.05) is 0 Å². The van der Waals surface area contributed by atoms with Gasteiger partial charge in [-0.05, 0) is 25.7 Å². The molecule has 1 unspecified atom stereocenters. The molecule has 3 heteroatoms. The number of nitrogens with zero attached hydrogens (tertiary/aromatic N) is 2. The number of hydrogen-bond acceptors (Lipinski definition) is 3. The van der Waals surface area contributed by atoms with Crippen molar-refractivity contribution in [1.82, 2.24) is 4.90 Å². The standard InChI is InChI=1S/C12H18N2O/c13-7-2-8-14(10-5-6-10)11-3-1-4-12(15)9-11/h10-11H,1-6,8-9H2. The summed E-state index contributed by atoms with van der Waals surface area (Å²) in [6, 6.07) is 3.32. The SMILES string of the molecule is N#CCCN(C1CC1)C1CCCC(=O)C1. The quantitative estimate of drug-likeness (QED) is 0.705. The normalized spacial score (nSPS) is 26.7. The predicted octanol–water partition coefficient (Wildman–Crippen LogP) is 1.88. The molecule has 2 saturated carbocycles. The highest BCUT2D eigenvalue weighted by Gasteiger charge is 2.35. The van der Waals surface area contributed by atoms with Gasteiger partial charge in [0.1, 0.15) is 5.78 Å². The minimum absolute atomic E-state index is 0.411. The largest absolute Gasteiger partial charge is 0.300 e. The van der Waals surface area contributed by atoms with Crippen molar-refractivity contribution in [3.8, 4) is 6.07 Å². The lowest BCUT2D eigenvalue weighted by molar-refractivity contribution is -0.122. The fourth-order valence-electron chi connectivity index (χ4n) is 2.53. The number of nitriles is 1. The molecule has 0 radical (unpaired) electrons. The van der Waals surface area contributed by atoms with Crippen LogP contribution in [0, 0.1) is 11.3 Å². The number of ketones is 1. The number of carbonyl (C=O) groups excluding carboxylic acids is 1. The molecular formula is C12H18N2O. The van der Waals surface area contributed by atoms with E-state index in [9.17, 15) is 4.79 Å². The minimum atomic E-state index is 0.411. The number of rotatable bonds is 4. The van der Waals surface area contributed by atoms with Crippen LogP contribution in [-0.4, -0.2) is 29.3 Å². The Hall–Kier alpha value is -0.880. The molecule has 2 aliphatic carbocycles. The maximum atomic E-state index is 11.4. The van der Waals surface area contributed by atoms with E-state index in [0.717, 1.165) is 32.2 Å². The Labute approximate surface area is 91.1 Å². The second kappa shape index (κ2) is 4.76. The summed E-state index contributed by atoms with van der Waals surface area (Å²) in [5, 5.41) is 8.62. The molecule has 0 aliphatic heterocycles. The summed E-state index contributed by atoms with van der Waals surface area (Å²) >= 11 is 0. The van der Waals surface area contributed by atoms with Crippen LogP contribution in [-0.2, 0) is 4.79 Å². The van der Waals surface area contributed by atoms with E-state index in [1.807, 2.05) is 0 Å². The second-order valence-electron chi connectivity index (χ2n) is 4.67. The molecule has 0 N–H and O–H groups in total. The summed E-state index contributed by atoms with van der Waals surface area (Å²) in [4.78, 5) is 13.8. The predicted molar refractivity (Wildman–Crippen MR) is 57.2 cm³/mol. The first-order chi connectivity index (χ1) is 7.31. The summed E-state index contributed by atoms with van der Waals surface area (Å²) < 4.78 is 0. The van der Waals surface area contributed by atoms with Crippen molar-refractivity contribution in [1.29, 1.82) is 5.26 Å². The van der Waals surface area contributed by atoms with Gasteiger partial charge in [-0.2, -0.15) is 5.26 Å². The minimum Gasteiger partial charge on any atom is -0.300 e. The molecule has 0 amide bonds. The molecule has 0 aromatic carbocycles. The molecule has 0 bridgehead atoms. The van der Waals surface area contributed by atoms with Crippen LogP contribution >= 0.6 is 0 Å². The first kappa shape index (κ1) is 10.6. The van der Waals surface area contributed by atoms with Crippen molar-refractivity contribution >= 4 is 5.78 Å². The van der Waals surface area contributed by atoms with Crippen LogP contribution in [0.3, 0.4) is 0 Å².